The van der Waals surface area contributed by atoms with Gasteiger partial charge in [0.2, 0.25) is 0 Å². The molecule has 1 aliphatic heterocycles. The van der Waals surface area contributed by atoms with Gasteiger partial charge in [0.25, 0.3) is 5.91 Å². The second-order valence-corrected chi connectivity index (χ2v) is 5.86. The minimum absolute atomic E-state index is 0.243. The molecule has 0 radical (unpaired) electrons. The summed E-state index contributed by atoms with van der Waals surface area (Å²) in [6.45, 7) is 2.76. The summed E-state index contributed by atoms with van der Waals surface area (Å²) in [6.07, 6.45) is 2.06. The van der Waals surface area contributed by atoms with Crippen LogP contribution in [0.5, 0.6) is 5.75 Å². The van der Waals surface area contributed by atoms with E-state index in [1.165, 1.54) is 16.7 Å². The average Bonchev–Trinajstić information content (AvgIpc) is 2.97. The third kappa shape index (κ3) is 3.91. The number of rotatable bonds is 6. The van der Waals surface area contributed by atoms with E-state index in [2.05, 4.69) is 6.92 Å². The molecule has 5 nitrogen and oxygen atoms in total. The lowest BCUT2D eigenvalue weighted by molar-refractivity contribution is -0.140. The molecule has 1 amide bonds. The number of carbonyl (C=O) groups is 2. The number of unbranched alkanes of at least 4 members (excludes halogenated alkanes) is 1. The summed E-state index contributed by atoms with van der Waals surface area (Å²) in [5.74, 6) is 0.398. The highest BCUT2D eigenvalue weighted by Gasteiger charge is 2.34. The van der Waals surface area contributed by atoms with Crippen LogP contribution in [0.25, 0.3) is 0 Å². The number of carboxylic acid groups (broad SMARTS) is 1. The first-order valence-electron chi connectivity index (χ1n) is 6.98. The third-order valence-electron chi connectivity index (χ3n) is 3.30. The molecule has 114 valence electrons. The minimum Gasteiger partial charge on any atom is -0.494 e. The normalized spacial score (nSPS) is 17.8. The number of hydrogen-bond donors (Lipinski definition) is 1. The maximum absolute atomic E-state index is 12.3. The van der Waals surface area contributed by atoms with Gasteiger partial charge in [-0.15, -0.1) is 11.8 Å². The molecular formula is C15H19NO4S. The van der Waals surface area contributed by atoms with Gasteiger partial charge in [-0.1, -0.05) is 13.3 Å². The van der Waals surface area contributed by atoms with Crippen LogP contribution in [0, 0.1) is 0 Å². The van der Waals surface area contributed by atoms with E-state index in [-0.39, 0.29) is 5.91 Å². The lowest BCUT2D eigenvalue weighted by atomic mass is 10.1. The van der Waals surface area contributed by atoms with E-state index >= 15 is 0 Å². The van der Waals surface area contributed by atoms with Gasteiger partial charge >= 0.3 is 5.97 Å². The van der Waals surface area contributed by atoms with E-state index in [9.17, 15) is 9.59 Å². The fourth-order valence-electron chi connectivity index (χ4n) is 2.04. The van der Waals surface area contributed by atoms with Crippen LogP contribution in [0.4, 0.5) is 0 Å². The molecule has 1 saturated heterocycles. The zero-order valence-corrected chi connectivity index (χ0v) is 12.8. The van der Waals surface area contributed by atoms with Crippen molar-refractivity contribution < 1.29 is 19.4 Å². The zero-order valence-electron chi connectivity index (χ0n) is 11.9. The second-order valence-electron chi connectivity index (χ2n) is 4.86. The number of aliphatic carboxylic acids is 1. The summed E-state index contributed by atoms with van der Waals surface area (Å²) >= 11 is 1.46. The Morgan fingerprint density at radius 1 is 1.38 bits per heavy atom. The van der Waals surface area contributed by atoms with Crippen molar-refractivity contribution in [3.05, 3.63) is 29.8 Å². The summed E-state index contributed by atoms with van der Waals surface area (Å²) in [7, 11) is 0. The maximum atomic E-state index is 12.3. The molecule has 1 N–H and O–H groups in total. The van der Waals surface area contributed by atoms with Crippen LogP contribution in [-0.2, 0) is 4.79 Å². The highest BCUT2D eigenvalue weighted by atomic mass is 32.2. The Kier molecular flexibility index (Phi) is 5.50. The third-order valence-corrected chi connectivity index (χ3v) is 4.31. The maximum Gasteiger partial charge on any atom is 0.327 e. The van der Waals surface area contributed by atoms with Crippen molar-refractivity contribution in [3.8, 4) is 5.75 Å². The van der Waals surface area contributed by atoms with Crippen molar-refractivity contribution >= 4 is 23.6 Å². The Morgan fingerprint density at radius 3 is 2.71 bits per heavy atom. The summed E-state index contributed by atoms with van der Waals surface area (Å²) in [6, 6.07) is 6.14. The largest absolute Gasteiger partial charge is 0.494 e. The zero-order chi connectivity index (χ0) is 15.2. The molecular weight excluding hydrogens is 290 g/mol. The van der Waals surface area contributed by atoms with E-state index in [4.69, 9.17) is 9.84 Å². The fraction of sp³-hybridized carbons (Fsp3) is 0.467. The van der Waals surface area contributed by atoms with Crippen LogP contribution < -0.4 is 4.74 Å². The van der Waals surface area contributed by atoms with Gasteiger partial charge in [-0.2, -0.15) is 0 Å². The number of amides is 1. The molecule has 6 heteroatoms. The highest BCUT2D eigenvalue weighted by Crippen LogP contribution is 2.24. The standard InChI is InChI=1S/C15H19NO4S/c1-2-3-8-20-12-6-4-11(5-7-12)14(17)16-10-21-9-13(16)15(18)19/h4-7,13H,2-3,8-10H2,1H3,(H,18,19)/t13-/m0/s1. The van der Waals surface area contributed by atoms with Crippen LogP contribution in [0.3, 0.4) is 0 Å². The van der Waals surface area contributed by atoms with Crippen LogP contribution in [0.15, 0.2) is 24.3 Å². The summed E-state index contributed by atoms with van der Waals surface area (Å²) < 4.78 is 5.54. The topological polar surface area (TPSA) is 66.8 Å². The van der Waals surface area contributed by atoms with Crippen LogP contribution >= 0.6 is 11.8 Å². The lowest BCUT2D eigenvalue weighted by Crippen LogP contribution is -2.41. The molecule has 1 aromatic carbocycles. The molecule has 0 bridgehead atoms. The number of carboxylic acids is 1. The second kappa shape index (κ2) is 7.36. The molecule has 2 rings (SSSR count). The summed E-state index contributed by atoms with van der Waals surface area (Å²) in [4.78, 5) is 24.9. The molecule has 1 atom stereocenters. The molecule has 21 heavy (non-hydrogen) atoms. The number of hydrogen-bond acceptors (Lipinski definition) is 4. The number of thioether (sulfide) groups is 1. The van der Waals surface area contributed by atoms with Crippen LogP contribution in [0.1, 0.15) is 30.1 Å². The Labute approximate surface area is 128 Å². The first-order valence-corrected chi connectivity index (χ1v) is 8.13. The van der Waals surface area contributed by atoms with E-state index < -0.39 is 12.0 Å². The molecule has 0 saturated carbocycles. The smallest absolute Gasteiger partial charge is 0.327 e. The van der Waals surface area contributed by atoms with E-state index in [1.54, 1.807) is 24.3 Å². The van der Waals surface area contributed by atoms with Gasteiger partial charge in [0.15, 0.2) is 0 Å². The Bertz CT molecular complexity index is 503. The SMILES string of the molecule is CCCCOc1ccc(C(=O)N2CSC[C@H]2C(=O)O)cc1. The molecule has 1 aromatic rings. The van der Waals surface area contributed by atoms with Gasteiger partial charge in [0.05, 0.1) is 12.5 Å². The molecule has 0 aromatic heterocycles. The fourth-order valence-corrected chi connectivity index (χ4v) is 3.19. The molecule has 1 fully saturated rings. The Balaban J connectivity index is 2.01. The summed E-state index contributed by atoms with van der Waals surface area (Å²) in [5, 5.41) is 9.12. The van der Waals surface area contributed by atoms with Gasteiger partial charge in [-0.3, -0.25) is 4.79 Å². The first-order chi connectivity index (χ1) is 10.1. The lowest BCUT2D eigenvalue weighted by Gasteiger charge is -2.20. The minimum atomic E-state index is -0.951. The van der Waals surface area contributed by atoms with Crippen molar-refractivity contribution in [2.75, 3.05) is 18.2 Å². The molecule has 0 unspecified atom stereocenters. The van der Waals surface area contributed by atoms with Crippen molar-refractivity contribution in [1.29, 1.82) is 0 Å². The first kappa shape index (κ1) is 15.7. The van der Waals surface area contributed by atoms with Gasteiger partial charge in [-0.05, 0) is 30.7 Å². The molecule has 0 spiro atoms. The molecule has 1 heterocycles. The number of nitrogens with zero attached hydrogens (tertiary/aromatic N) is 1. The molecule has 0 aliphatic carbocycles. The summed E-state index contributed by atoms with van der Waals surface area (Å²) in [5.41, 5.74) is 0.492. The van der Waals surface area contributed by atoms with Crippen LogP contribution in [-0.4, -0.2) is 46.2 Å². The monoisotopic (exact) mass is 309 g/mol. The van der Waals surface area contributed by atoms with Crippen molar-refractivity contribution in [2.45, 2.75) is 25.8 Å². The van der Waals surface area contributed by atoms with Crippen molar-refractivity contribution in [1.82, 2.24) is 4.90 Å². The average molecular weight is 309 g/mol. The van der Waals surface area contributed by atoms with Gasteiger partial charge in [0.1, 0.15) is 11.8 Å². The van der Waals surface area contributed by atoms with Gasteiger partial charge in [-0.25, -0.2) is 4.79 Å². The van der Waals surface area contributed by atoms with E-state index in [0.717, 1.165) is 18.6 Å². The van der Waals surface area contributed by atoms with Crippen molar-refractivity contribution in [2.24, 2.45) is 0 Å². The number of carbonyl (C=O) groups excluding carboxylic acids is 1. The predicted octanol–water partition coefficient (Wildman–Crippen LogP) is 2.47. The Morgan fingerprint density at radius 2 is 2.10 bits per heavy atom. The number of ether oxygens (including phenoxy) is 1. The quantitative estimate of drug-likeness (QED) is 0.818. The molecule has 1 aliphatic rings. The predicted molar refractivity (Wildman–Crippen MR) is 81.8 cm³/mol. The highest BCUT2D eigenvalue weighted by molar-refractivity contribution is 7.99. The van der Waals surface area contributed by atoms with E-state index in [1.807, 2.05) is 0 Å². The van der Waals surface area contributed by atoms with E-state index in [0.29, 0.717) is 23.8 Å². The van der Waals surface area contributed by atoms with Gasteiger partial charge < -0.3 is 14.7 Å². The van der Waals surface area contributed by atoms with Crippen LogP contribution in [0.2, 0.25) is 0 Å². The van der Waals surface area contributed by atoms with Gasteiger partial charge in [0, 0.05) is 11.3 Å². The Hall–Kier alpha value is -1.69. The number of benzene rings is 1. The van der Waals surface area contributed by atoms with Crippen molar-refractivity contribution in [3.63, 3.8) is 0 Å².